The Morgan fingerprint density at radius 2 is 1.83 bits per heavy atom. The molecule has 0 spiro atoms. The fourth-order valence-corrected chi connectivity index (χ4v) is 2.55. The molecule has 0 fully saturated rings. The van der Waals surface area contributed by atoms with Gasteiger partial charge >= 0.3 is 0 Å². The molecule has 0 amide bonds. The van der Waals surface area contributed by atoms with Crippen molar-refractivity contribution in [2.45, 2.75) is 27.2 Å². The maximum Gasteiger partial charge on any atom is -0.00337 e. The third-order valence-corrected chi connectivity index (χ3v) is 3.44. The summed E-state index contributed by atoms with van der Waals surface area (Å²) in [6, 6.07) is 8.73. The summed E-state index contributed by atoms with van der Waals surface area (Å²) in [7, 11) is 0. The van der Waals surface area contributed by atoms with Crippen LogP contribution in [0.15, 0.2) is 30.3 Å². The molecule has 0 unspecified atom stereocenters. The summed E-state index contributed by atoms with van der Waals surface area (Å²) in [6.07, 6.45) is 7.49. The Morgan fingerprint density at radius 1 is 1.06 bits per heavy atom. The monoisotopic (exact) mass is 236 g/mol. The molecule has 0 saturated carbocycles. The summed E-state index contributed by atoms with van der Waals surface area (Å²) in [6.45, 7) is 10.5. The van der Waals surface area contributed by atoms with E-state index in [9.17, 15) is 0 Å². The first kappa shape index (κ1) is 12.6. The van der Waals surface area contributed by atoms with Gasteiger partial charge in [0.2, 0.25) is 0 Å². The lowest BCUT2D eigenvalue weighted by molar-refractivity contribution is 1.16. The molecule has 0 radical (unpaired) electrons. The van der Waals surface area contributed by atoms with Crippen LogP contribution in [0, 0.1) is 0 Å². The van der Waals surface area contributed by atoms with Crippen molar-refractivity contribution >= 4 is 29.5 Å². The summed E-state index contributed by atoms with van der Waals surface area (Å²) in [5.74, 6) is 0. The second kappa shape index (κ2) is 5.22. The second-order valence-corrected chi connectivity index (χ2v) is 4.52. The molecule has 0 aromatic heterocycles. The first-order valence-electron chi connectivity index (χ1n) is 6.55. The largest absolute Gasteiger partial charge is 0.0911 e. The van der Waals surface area contributed by atoms with E-state index in [0.29, 0.717) is 0 Å². The highest BCUT2D eigenvalue weighted by Crippen LogP contribution is 2.19. The highest BCUT2D eigenvalue weighted by Gasteiger charge is 2.05. The molecule has 0 aliphatic heterocycles. The van der Waals surface area contributed by atoms with Crippen molar-refractivity contribution in [3.05, 3.63) is 51.9 Å². The molecule has 0 aliphatic carbocycles. The third-order valence-electron chi connectivity index (χ3n) is 3.44. The predicted octanol–water partition coefficient (Wildman–Crippen LogP) is 3.65. The van der Waals surface area contributed by atoms with Crippen LogP contribution in [0.4, 0.5) is 0 Å². The number of aryl methyl sites for hydroxylation is 1. The van der Waals surface area contributed by atoms with Gasteiger partial charge < -0.3 is 0 Å². The van der Waals surface area contributed by atoms with E-state index in [4.69, 9.17) is 0 Å². The van der Waals surface area contributed by atoms with Crippen molar-refractivity contribution in [1.29, 1.82) is 0 Å². The van der Waals surface area contributed by atoms with Gasteiger partial charge in [-0.15, -0.1) is 0 Å². The van der Waals surface area contributed by atoms with Crippen LogP contribution in [0.5, 0.6) is 0 Å². The van der Waals surface area contributed by atoms with Gasteiger partial charge in [-0.25, -0.2) is 0 Å². The van der Waals surface area contributed by atoms with E-state index < -0.39 is 0 Å². The Kier molecular flexibility index (Phi) is 3.66. The lowest BCUT2D eigenvalue weighted by Gasteiger charge is -2.09. The zero-order valence-electron chi connectivity index (χ0n) is 11.5. The molecule has 18 heavy (non-hydrogen) atoms. The van der Waals surface area contributed by atoms with Crippen molar-refractivity contribution in [2.75, 3.05) is 0 Å². The topological polar surface area (TPSA) is 0 Å². The molecule has 0 saturated heterocycles. The van der Waals surface area contributed by atoms with Gasteiger partial charge in [0.05, 0.1) is 0 Å². The summed E-state index contributed by atoms with van der Waals surface area (Å²) in [5, 5.41) is 5.07. The zero-order chi connectivity index (χ0) is 13.1. The van der Waals surface area contributed by atoms with Gasteiger partial charge in [-0.3, -0.25) is 0 Å². The normalized spacial score (nSPS) is 12.7. The lowest BCUT2D eigenvalue weighted by Crippen LogP contribution is -2.12. The van der Waals surface area contributed by atoms with Crippen LogP contribution in [-0.4, -0.2) is 0 Å². The summed E-state index contributed by atoms with van der Waals surface area (Å²) >= 11 is 0. The Morgan fingerprint density at radius 3 is 2.44 bits per heavy atom. The third kappa shape index (κ3) is 1.99. The van der Waals surface area contributed by atoms with E-state index in [1.807, 2.05) is 0 Å². The average molecular weight is 236 g/mol. The van der Waals surface area contributed by atoms with Crippen LogP contribution < -0.4 is 10.4 Å². The van der Waals surface area contributed by atoms with E-state index in [-0.39, 0.29) is 0 Å². The molecular formula is C18H20. The molecule has 0 aliphatic rings. The highest BCUT2D eigenvalue weighted by molar-refractivity contribution is 5.94. The summed E-state index contributed by atoms with van der Waals surface area (Å²) < 4.78 is 0. The highest BCUT2D eigenvalue weighted by atomic mass is 14.1. The van der Waals surface area contributed by atoms with E-state index in [1.54, 1.807) is 0 Å². The van der Waals surface area contributed by atoms with Gasteiger partial charge in [0.25, 0.3) is 0 Å². The number of hydrogen-bond donors (Lipinski definition) is 0. The van der Waals surface area contributed by atoms with Crippen LogP contribution in [0.25, 0.3) is 29.5 Å². The van der Waals surface area contributed by atoms with E-state index in [2.05, 4.69) is 69.8 Å². The second-order valence-electron chi connectivity index (χ2n) is 4.52. The van der Waals surface area contributed by atoms with Gasteiger partial charge in [-0.05, 0) is 52.6 Å². The minimum atomic E-state index is 1.04. The Hall–Kier alpha value is -1.82. The van der Waals surface area contributed by atoms with Crippen molar-refractivity contribution in [3.8, 4) is 0 Å². The number of hydrogen-bond acceptors (Lipinski definition) is 0. The summed E-state index contributed by atoms with van der Waals surface area (Å²) in [5.41, 5.74) is 2.66. The fraction of sp³-hybridized carbons (Fsp3) is 0.222. The Bertz CT molecular complexity index is 703. The van der Waals surface area contributed by atoms with Crippen LogP contribution in [-0.2, 0) is 6.42 Å². The van der Waals surface area contributed by atoms with Crippen LogP contribution in [0.3, 0.4) is 0 Å². The molecule has 0 heteroatoms. The molecule has 0 N–H and O–H groups in total. The zero-order valence-corrected chi connectivity index (χ0v) is 11.5. The Labute approximate surface area is 109 Å². The smallest absolute Gasteiger partial charge is 0.00337 e. The molecular weight excluding hydrogens is 216 g/mol. The first-order chi connectivity index (χ1) is 8.72. The number of rotatable bonds is 2. The predicted molar refractivity (Wildman–Crippen MR) is 82.9 cm³/mol. The number of allylic oxidation sites excluding steroid dienone is 1. The van der Waals surface area contributed by atoms with Gasteiger partial charge in [-0.2, -0.15) is 0 Å². The van der Waals surface area contributed by atoms with Gasteiger partial charge in [-0.1, -0.05) is 56.0 Å². The fourth-order valence-electron chi connectivity index (χ4n) is 2.55. The van der Waals surface area contributed by atoms with Gasteiger partial charge in [0.1, 0.15) is 0 Å². The maximum absolute atomic E-state index is 4.20. The van der Waals surface area contributed by atoms with Crippen molar-refractivity contribution in [3.63, 3.8) is 0 Å². The molecule has 2 aromatic carbocycles. The summed E-state index contributed by atoms with van der Waals surface area (Å²) in [4.78, 5) is 0. The van der Waals surface area contributed by atoms with Crippen molar-refractivity contribution in [1.82, 2.24) is 0 Å². The molecule has 0 heterocycles. The minimum absolute atomic E-state index is 1.04. The van der Waals surface area contributed by atoms with Gasteiger partial charge in [0, 0.05) is 0 Å². The minimum Gasteiger partial charge on any atom is -0.0911 e. The first-order valence-corrected chi connectivity index (χ1v) is 6.55. The van der Waals surface area contributed by atoms with E-state index in [1.165, 1.54) is 27.1 Å². The molecule has 92 valence electrons. The molecule has 2 rings (SSSR count). The molecule has 0 bridgehead atoms. The van der Waals surface area contributed by atoms with Crippen molar-refractivity contribution < 1.29 is 0 Å². The molecule has 0 atom stereocenters. The quantitative estimate of drug-likeness (QED) is 0.746. The van der Waals surface area contributed by atoms with Gasteiger partial charge in [0.15, 0.2) is 0 Å². The SMILES string of the molecule is C=c1cc/c(=C/C)c2c(/C=C\C)ccc(CC)c12. The standard InChI is InChI=1S/C18H20/c1-5-8-16-12-11-14(6-2)17-13(4)9-10-15(7-3)18(16)17/h5,7-12H,4,6H2,1-3H3/b8-5-,15-7-. The van der Waals surface area contributed by atoms with Crippen molar-refractivity contribution in [2.24, 2.45) is 0 Å². The number of benzene rings is 2. The number of fused-ring (bicyclic) bond motifs is 1. The van der Waals surface area contributed by atoms with E-state index in [0.717, 1.165) is 11.6 Å². The molecule has 0 nitrogen and oxygen atoms in total. The maximum atomic E-state index is 4.20. The van der Waals surface area contributed by atoms with Crippen LogP contribution in [0.2, 0.25) is 0 Å². The van der Waals surface area contributed by atoms with E-state index >= 15 is 0 Å². The lowest BCUT2D eigenvalue weighted by atomic mass is 9.95. The molecule has 2 aromatic rings. The Balaban J connectivity index is 3.09. The van der Waals surface area contributed by atoms with Crippen LogP contribution >= 0.6 is 0 Å². The van der Waals surface area contributed by atoms with Crippen LogP contribution in [0.1, 0.15) is 31.9 Å². The average Bonchev–Trinajstić information content (AvgIpc) is 2.40.